The fraction of sp³-hybridized carbons (Fsp3) is 0.0909. The number of thiophene rings is 1. The molecular formula is C11H9BrClNO2S2. The van der Waals surface area contributed by atoms with E-state index in [0.29, 0.717) is 10.0 Å². The number of sulfonamides is 1. The summed E-state index contributed by atoms with van der Waals surface area (Å²) in [5.41, 5.74) is 1.48. The van der Waals surface area contributed by atoms with Gasteiger partial charge in [-0.25, -0.2) is 8.42 Å². The van der Waals surface area contributed by atoms with E-state index >= 15 is 0 Å². The summed E-state index contributed by atoms with van der Waals surface area (Å²) in [5.74, 6) is 0. The van der Waals surface area contributed by atoms with E-state index in [1.807, 2.05) is 13.0 Å². The summed E-state index contributed by atoms with van der Waals surface area (Å²) in [6.45, 7) is 1.89. The topological polar surface area (TPSA) is 46.2 Å². The summed E-state index contributed by atoms with van der Waals surface area (Å²) >= 11 is 10.1. The van der Waals surface area contributed by atoms with Crippen LogP contribution in [0.1, 0.15) is 5.56 Å². The number of nitrogens with one attached hydrogen (secondary N) is 1. The molecule has 2 rings (SSSR count). The number of aryl methyl sites for hydroxylation is 1. The van der Waals surface area contributed by atoms with E-state index in [0.717, 1.165) is 21.4 Å². The van der Waals surface area contributed by atoms with Crippen molar-refractivity contribution in [1.82, 2.24) is 0 Å². The molecule has 0 aliphatic carbocycles. The second kappa shape index (κ2) is 5.21. The van der Waals surface area contributed by atoms with Crippen molar-refractivity contribution in [2.24, 2.45) is 0 Å². The largest absolute Gasteiger partial charge is 0.279 e. The molecule has 2 aromatic rings. The molecule has 0 aliphatic heterocycles. The van der Waals surface area contributed by atoms with Crippen molar-refractivity contribution < 1.29 is 8.42 Å². The Morgan fingerprint density at radius 2 is 2.00 bits per heavy atom. The number of benzene rings is 1. The molecule has 0 bridgehead atoms. The van der Waals surface area contributed by atoms with Gasteiger partial charge < -0.3 is 0 Å². The van der Waals surface area contributed by atoms with Gasteiger partial charge >= 0.3 is 0 Å². The predicted octanol–water partition coefficient (Wildman–Crippen LogP) is 4.27. The van der Waals surface area contributed by atoms with Crippen LogP contribution < -0.4 is 4.72 Å². The highest BCUT2D eigenvalue weighted by Crippen LogP contribution is 2.28. The molecule has 0 fully saturated rings. The van der Waals surface area contributed by atoms with Gasteiger partial charge in [-0.2, -0.15) is 0 Å². The molecule has 0 spiro atoms. The number of anilines is 1. The number of hydrogen-bond donors (Lipinski definition) is 1. The van der Waals surface area contributed by atoms with Gasteiger partial charge in [0.15, 0.2) is 0 Å². The Hall–Kier alpha value is -0.560. The van der Waals surface area contributed by atoms with Gasteiger partial charge in [-0.15, -0.1) is 11.3 Å². The maximum Gasteiger partial charge on any atom is 0.271 e. The zero-order valence-electron chi connectivity index (χ0n) is 9.28. The molecule has 0 unspecified atom stereocenters. The van der Waals surface area contributed by atoms with Gasteiger partial charge in [-0.05, 0) is 42.8 Å². The van der Waals surface area contributed by atoms with Crippen molar-refractivity contribution in [2.75, 3.05) is 4.72 Å². The molecule has 0 radical (unpaired) electrons. The van der Waals surface area contributed by atoms with Gasteiger partial charge in [0.25, 0.3) is 10.0 Å². The summed E-state index contributed by atoms with van der Waals surface area (Å²) < 4.78 is 28.1. The summed E-state index contributed by atoms with van der Waals surface area (Å²) in [4.78, 5) is 0. The molecule has 0 amide bonds. The Labute approximate surface area is 123 Å². The standard InChI is InChI=1S/C11H9BrClNO2S2/c1-7-4-8(12)6-9(5-7)14-18(15,16)11-3-2-10(13)17-11/h2-6,14H,1H3. The van der Waals surface area contributed by atoms with E-state index in [4.69, 9.17) is 11.6 Å². The minimum Gasteiger partial charge on any atom is -0.279 e. The first kappa shape index (κ1) is 13.9. The summed E-state index contributed by atoms with van der Waals surface area (Å²) in [7, 11) is -3.56. The van der Waals surface area contributed by atoms with E-state index < -0.39 is 10.0 Å². The van der Waals surface area contributed by atoms with Gasteiger partial charge in [0, 0.05) is 4.47 Å². The molecule has 1 N–H and O–H groups in total. The van der Waals surface area contributed by atoms with Gasteiger partial charge in [0.1, 0.15) is 4.21 Å². The minimum atomic E-state index is -3.56. The van der Waals surface area contributed by atoms with Crippen LogP contribution in [-0.4, -0.2) is 8.42 Å². The van der Waals surface area contributed by atoms with Crippen molar-refractivity contribution in [3.63, 3.8) is 0 Å². The Morgan fingerprint density at radius 1 is 1.28 bits per heavy atom. The van der Waals surface area contributed by atoms with E-state index in [-0.39, 0.29) is 4.21 Å². The third-order valence-electron chi connectivity index (χ3n) is 2.11. The van der Waals surface area contributed by atoms with Crippen LogP contribution in [0.2, 0.25) is 4.34 Å². The highest BCUT2D eigenvalue weighted by Gasteiger charge is 2.16. The molecule has 1 aromatic carbocycles. The lowest BCUT2D eigenvalue weighted by Gasteiger charge is -2.07. The molecule has 7 heteroatoms. The zero-order valence-corrected chi connectivity index (χ0v) is 13.3. The van der Waals surface area contributed by atoms with Crippen LogP contribution >= 0.6 is 38.9 Å². The van der Waals surface area contributed by atoms with Crippen LogP contribution in [0.15, 0.2) is 39.0 Å². The zero-order chi connectivity index (χ0) is 13.3. The van der Waals surface area contributed by atoms with Gasteiger partial charge in [0.05, 0.1) is 10.0 Å². The number of rotatable bonds is 3. The van der Waals surface area contributed by atoms with Crippen LogP contribution in [0.3, 0.4) is 0 Å². The molecular weight excluding hydrogens is 358 g/mol. The quantitative estimate of drug-likeness (QED) is 0.881. The third kappa shape index (κ3) is 3.26. The molecule has 0 saturated carbocycles. The lowest BCUT2D eigenvalue weighted by Crippen LogP contribution is -2.11. The summed E-state index contributed by atoms with van der Waals surface area (Å²) in [5, 5.41) is 0. The average molecular weight is 367 g/mol. The average Bonchev–Trinajstić information content (AvgIpc) is 2.62. The number of hydrogen-bond acceptors (Lipinski definition) is 3. The smallest absolute Gasteiger partial charge is 0.271 e. The van der Waals surface area contributed by atoms with Gasteiger partial charge in [-0.3, -0.25) is 4.72 Å². The molecule has 0 atom stereocenters. The third-order valence-corrected chi connectivity index (χ3v) is 5.67. The van der Waals surface area contributed by atoms with Crippen molar-refractivity contribution in [1.29, 1.82) is 0 Å². The van der Waals surface area contributed by atoms with Crippen LogP contribution in [0.25, 0.3) is 0 Å². The Bertz CT molecular complexity index is 662. The Balaban J connectivity index is 2.33. The highest BCUT2D eigenvalue weighted by atomic mass is 79.9. The summed E-state index contributed by atoms with van der Waals surface area (Å²) in [6, 6.07) is 8.42. The molecule has 1 heterocycles. The summed E-state index contributed by atoms with van der Waals surface area (Å²) in [6.07, 6.45) is 0. The first-order valence-corrected chi connectivity index (χ1v) is 8.39. The minimum absolute atomic E-state index is 0.199. The highest BCUT2D eigenvalue weighted by molar-refractivity contribution is 9.10. The van der Waals surface area contributed by atoms with E-state index in [9.17, 15) is 8.42 Å². The SMILES string of the molecule is Cc1cc(Br)cc(NS(=O)(=O)c2ccc(Cl)s2)c1. The van der Waals surface area contributed by atoms with E-state index in [1.165, 1.54) is 6.07 Å². The van der Waals surface area contributed by atoms with E-state index in [2.05, 4.69) is 20.7 Å². The van der Waals surface area contributed by atoms with Gasteiger partial charge in [0.2, 0.25) is 0 Å². The molecule has 18 heavy (non-hydrogen) atoms. The Morgan fingerprint density at radius 3 is 2.56 bits per heavy atom. The van der Waals surface area contributed by atoms with Crippen LogP contribution in [0.4, 0.5) is 5.69 Å². The first-order chi connectivity index (χ1) is 8.37. The first-order valence-electron chi connectivity index (χ1n) is 4.92. The molecule has 96 valence electrons. The molecule has 0 saturated heterocycles. The normalized spacial score (nSPS) is 11.5. The second-order valence-electron chi connectivity index (χ2n) is 3.68. The van der Waals surface area contributed by atoms with Crippen molar-refractivity contribution in [3.8, 4) is 0 Å². The fourth-order valence-corrected chi connectivity index (χ4v) is 4.57. The fourth-order valence-electron chi connectivity index (χ4n) is 1.44. The van der Waals surface area contributed by atoms with Crippen molar-refractivity contribution in [2.45, 2.75) is 11.1 Å². The van der Waals surface area contributed by atoms with Crippen LogP contribution in [0.5, 0.6) is 0 Å². The predicted molar refractivity (Wildman–Crippen MR) is 79.0 cm³/mol. The maximum atomic E-state index is 12.1. The van der Waals surface area contributed by atoms with Crippen molar-refractivity contribution in [3.05, 3.63) is 44.7 Å². The molecule has 0 aliphatic rings. The van der Waals surface area contributed by atoms with Gasteiger partial charge in [-0.1, -0.05) is 27.5 Å². The molecule has 3 nitrogen and oxygen atoms in total. The Kier molecular flexibility index (Phi) is 4.01. The second-order valence-corrected chi connectivity index (χ2v) is 8.22. The monoisotopic (exact) mass is 365 g/mol. The van der Waals surface area contributed by atoms with Crippen LogP contribution in [0, 0.1) is 6.92 Å². The van der Waals surface area contributed by atoms with E-state index in [1.54, 1.807) is 18.2 Å². The molecule has 1 aromatic heterocycles. The maximum absolute atomic E-state index is 12.1. The van der Waals surface area contributed by atoms with Crippen molar-refractivity contribution >= 4 is 54.6 Å². The lowest BCUT2D eigenvalue weighted by atomic mass is 10.2. The lowest BCUT2D eigenvalue weighted by molar-refractivity contribution is 0.603. The number of halogens is 2. The van der Waals surface area contributed by atoms with Crippen LogP contribution in [-0.2, 0) is 10.0 Å².